The molecule has 0 saturated heterocycles. The van der Waals surface area contributed by atoms with Crippen molar-refractivity contribution in [1.29, 1.82) is 0 Å². The summed E-state index contributed by atoms with van der Waals surface area (Å²) >= 11 is 1.93. The third kappa shape index (κ3) is 3.24. The fraction of sp³-hybridized carbons (Fsp3) is 0.269. The monoisotopic (exact) mass is 416 g/mol. The molecule has 2 aromatic carbocycles. The molecule has 1 spiro atoms. The first kappa shape index (κ1) is 19.4. The van der Waals surface area contributed by atoms with E-state index in [-0.39, 0.29) is 11.4 Å². The van der Waals surface area contributed by atoms with E-state index >= 15 is 0 Å². The smallest absolute Gasteiger partial charge is 0.123 e. The Morgan fingerprint density at radius 2 is 1.90 bits per heavy atom. The largest absolute Gasteiger partial charge is 0.351 e. The molecule has 3 aliphatic rings. The number of allylic oxidation sites excluding steroid dienone is 1. The van der Waals surface area contributed by atoms with Crippen LogP contribution in [0.25, 0.3) is 5.57 Å². The van der Waals surface area contributed by atoms with Crippen LogP contribution in [0, 0.1) is 5.82 Å². The molecule has 0 aromatic heterocycles. The molecule has 0 amide bonds. The van der Waals surface area contributed by atoms with Crippen molar-refractivity contribution in [2.24, 2.45) is 4.99 Å². The van der Waals surface area contributed by atoms with Crippen molar-refractivity contribution in [1.82, 2.24) is 4.90 Å². The highest BCUT2D eigenvalue weighted by molar-refractivity contribution is 7.98. The number of thioether (sulfide) groups is 1. The topological polar surface area (TPSA) is 15.6 Å². The highest BCUT2D eigenvalue weighted by atomic mass is 32.2. The van der Waals surface area contributed by atoms with Gasteiger partial charge in [-0.15, -0.1) is 0 Å². The van der Waals surface area contributed by atoms with Crippen molar-refractivity contribution in [3.63, 3.8) is 0 Å². The standard InChI is InChI=1S/C26H25FN2S/c1-4-30-16-18-5-10-21-22(14-18)23-15-29(3)17(2)13-24(23)26(11-12-26)28-25(21)19-6-8-20(27)9-7-19/h5-10,13-15H,2,4,11-12,16H2,1,3H3. The highest BCUT2D eigenvalue weighted by Crippen LogP contribution is 2.55. The van der Waals surface area contributed by atoms with Gasteiger partial charge in [-0.05, 0) is 71.7 Å². The van der Waals surface area contributed by atoms with E-state index in [1.807, 2.05) is 30.9 Å². The summed E-state index contributed by atoms with van der Waals surface area (Å²) in [5.41, 5.74) is 8.87. The molecule has 2 aliphatic heterocycles. The van der Waals surface area contributed by atoms with Crippen LogP contribution >= 0.6 is 11.8 Å². The average molecular weight is 417 g/mol. The van der Waals surface area contributed by atoms with Crippen LogP contribution in [0.1, 0.15) is 42.0 Å². The Morgan fingerprint density at radius 1 is 1.13 bits per heavy atom. The van der Waals surface area contributed by atoms with Gasteiger partial charge in [0.05, 0.1) is 11.3 Å². The van der Waals surface area contributed by atoms with E-state index in [0.717, 1.165) is 46.9 Å². The number of benzene rings is 2. The summed E-state index contributed by atoms with van der Waals surface area (Å²) in [5.74, 6) is 1.87. The van der Waals surface area contributed by atoms with E-state index in [9.17, 15) is 4.39 Å². The van der Waals surface area contributed by atoms with Crippen LogP contribution in [0.4, 0.5) is 4.39 Å². The molecule has 2 heterocycles. The van der Waals surface area contributed by atoms with Crippen LogP contribution in [0.2, 0.25) is 0 Å². The number of nitrogens with zero attached hydrogens (tertiary/aromatic N) is 2. The van der Waals surface area contributed by atoms with Crippen molar-refractivity contribution in [2.75, 3.05) is 12.8 Å². The van der Waals surface area contributed by atoms with Crippen molar-refractivity contribution >= 4 is 23.0 Å². The predicted molar refractivity (Wildman–Crippen MR) is 125 cm³/mol. The molecular formula is C26H25FN2S. The number of rotatable bonds is 4. The maximum Gasteiger partial charge on any atom is 0.123 e. The summed E-state index contributed by atoms with van der Waals surface area (Å²) in [7, 11) is 2.05. The fourth-order valence-electron chi connectivity index (χ4n) is 4.28. The lowest BCUT2D eigenvalue weighted by atomic mass is 9.86. The normalized spacial score (nSPS) is 18.8. The van der Waals surface area contributed by atoms with E-state index in [2.05, 4.69) is 48.9 Å². The molecule has 4 heteroatoms. The Labute approximate surface area is 181 Å². The molecule has 1 aliphatic carbocycles. The van der Waals surface area contributed by atoms with Crippen LogP contribution in [0.5, 0.6) is 0 Å². The second-order valence-electron chi connectivity index (χ2n) is 8.22. The van der Waals surface area contributed by atoms with Crippen LogP contribution in [0.15, 0.2) is 77.6 Å². The number of hydrogen-bond donors (Lipinski definition) is 0. The SMILES string of the molecule is C=C1C=C2C(=CN1C)c1cc(CSCC)ccc1C(c1ccc(F)cc1)=NC21CC1. The molecule has 0 atom stereocenters. The first-order valence-electron chi connectivity index (χ1n) is 10.4. The summed E-state index contributed by atoms with van der Waals surface area (Å²) in [6, 6.07) is 13.5. The van der Waals surface area contributed by atoms with Gasteiger partial charge in [-0.25, -0.2) is 4.39 Å². The second-order valence-corrected chi connectivity index (χ2v) is 9.49. The van der Waals surface area contributed by atoms with Crippen LogP contribution < -0.4 is 0 Å². The molecule has 5 rings (SSSR count). The van der Waals surface area contributed by atoms with Gasteiger partial charge in [0.25, 0.3) is 0 Å². The molecule has 1 fully saturated rings. The molecule has 2 nitrogen and oxygen atoms in total. The third-order valence-corrected chi connectivity index (χ3v) is 7.09. The van der Waals surface area contributed by atoms with E-state index in [1.54, 1.807) is 0 Å². The molecular weight excluding hydrogens is 391 g/mol. The Kier molecular flexibility index (Phi) is 4.70. The van der Waals surface area contributed by atoms with Crippen molar-refractivity contribution in [3.8, 4) is 0 Å². The molecule has 0 radical (unpaired) electrons. The summed E-state index contributed by atoms with van der Waals surface area (Å²) in [4.78, 5) is 7.41. The van der Waals surface area contributed by atoms with Gasteiger partial charge in [0.2, 0.25) is 0 Å². The van der Waals surface area contributed by atoms with Crippen molar-refractivity contribution in [3.05, 3.63) is 101 Å². The summed E-state index contributed by atoms with van der Waals surface area (Å²) in [5, 5.41) is 0. The number of halogens is 1. The zero-order valence-electron chi connectivity index (χ0n) is 17.4. The van der Waals surface area contributed by atoms with Crippen LogP contribution in [-0.2, 0) is 5.75 Å². The van der Waals surface area contributed by atoms with E-state index in [4.69, 9.17) is 4.99 Å². The van der Waals surface area contributed by atoms with E-state index in [1.165, 1.54) is 34.4 Å². The Balaban J connectivity index is 1.74. The second kappa shape index (κ2) is 7.28. The number of hydrogen-bond acceptors (Lipinski definition) is 3. The van der Waals surface area contributed by atoms with Crippen molar-refractivity contribution < 1.29 is 4.39 Å². The van der Waals surface area contributed by atoms with Gasteiger partial charge in [0.15, 0.2) is 0 Å². The lowest BCUT2D eigenvalue weighted by Crippen LogP contribution is -2.19. The summed E-state index contributed by atoms with van der Waals surface area (Å²) in [6.07, 6.45) is 6.47. The van der Waals surface area contributed by atoms with Gasteiger partial charge in [-0.3, -0.25) is 4.99 Å². The van der Waals surface area contributed by atoms with Crippen LogP contribution in [0.3, 0.4) is 0 Å². The van der Waals surface area contributed by atoms with Crippen molar-refractivity contribution in [2.45, 2.75) is 31.1 Å². The average Bonchev–Trinajstić information content (AvgIpc) is 3.54. The van der Waals surface area contributed by atoms with E-state index < -0.39 is 0 Å². The molecule has 152 valence electrons. The predicted octanol–water partition coefficient (Wildman–Crippen LogP) is 6.19. The first-order valence-corrected chi connectivity index (χ1v) is 11.6. The Hall–Kier alpha value is -2.59. The molecule has 1 saturated carbocycles. The molecule has 0 unspecified atom stereocenters. The summed E-state index contributed by atoms with van der Waals surface area (Å²) < 4.78 is 13.6. The zero-order valence-corrected chi connectivity index (χ0v) is 18.2. The van der Waals surface area contributed by atoms with E-state index in [0.29, 0.717) is 0 Å². The molecule has 0 N–H and O–H groups in total. The minimum absolute atomic E-state index is 0.197. The lowest BCUT2D eigenvalue weighted by Gasteiger charge is -2.27. The number of likely N-dealkylation sites (N-methyl/N-ethyl adjacent to an activating group) is 1. The van der Waals surface area contributed by atoms with Gasteiger partial charge < -0.3 is 4.90 Å². The minimum atomic E-state index is -0.224. The van der Waals surface area contributed by atoms with Gasteiger partial charge in [-0.2, -0.15) is 11.8 Å². The Morgan fingerprint density at radius 3 is 2.60 bits per heavy atom. The third-order valence-electron chi connectivity index (χ3n) is 6.15. The number of aliphatic imine (C=N–C) groups is 1. The van der Waals surface area contributed by atoms with Crippen LogP contribution in [-0.4, -0.2) is 29.0 Å². The quantitative estimate of drug-likeness (QED) is 0.591. The molecule has 2 aromatic rings. The number of fused-ring (bicyclic) bond motifs is 4. The maximum atomic E-state index is 13.6. The summed E-state index contributed by atoms with van der Waals surface area (Å²) in [6.45, 7) is 6.41. The van der Waals surface area contributed by atoms with Gasteiger partial charge in [-0.1, -0.05) is 25.6 Å². The maximum absolute atomic E-state index is 13.6. The van der Waals surface area contributed by atoms with Gasteiger partial charge >= 0.3 is 0 Å². The Bertz CT molecular complexity index is 1120. The first-order chi connectivity index (χ1) is 14.5. The highest BCUT2D eigenvalue weighted by Gasteiger charge is 2.50. The lowest BCUT2D eigenvalue weighted by molar-refractivity contribution is 0.582. The zero-order chi connectivity index (χ0) is 20.9. The minimum Gasteiger partial charge on any atom is -0.351 e. The fourth-order valence-corrected chi connectivity index (χ4v) is 4.90. The van der Waals surface area contributed by atoms with Gasteiger partial charge in [0, 0.05) is 41.4 Å². The molecule has 30 heavy (non-hydrogen) atoms. The van der Waals surface area contributed by atoms with Gasteiger partial charge in [0.1, 0.15) is 5.82 Å². The molecule has 0 bridgehead atoms.